The Balaban J connectivity index is 0.00000194. The maximum Gasteiger partial charge on any atom is 0.290 e. The second-order valence-corrected chi connectivity index (χ2v) is 13.9. The highest BCUT2D eigenvalue weighted by atomic mass is 16.5. The zero-order valence-corrected chi connectivity index (χ0v) is 31.7. The Morgan fingerprint density at radius 2 is 1.68 bits per heavy atom. The van der Waals surface area contributed by atoms with E-state index in [4.69, 9.17) is 14.6 Å². The van der Waals surface area contributed by atoms with Crippen LogP contribution in [0.3, 0.4) is 0 Å². The van der Waals surface area contributed by atoms with Crippen LogP contribution in [0.15, 0.2) is 65.8 Å². The highest BCUT2D eigenvalue weighted by Crippen LogP contribution is 2.32. The normalized spacial score (nSPS) is 14.9. The molecule has 1 fully saturated rings. The van der Waals surface area contributed by atoms with E-state index in [1.54, 1.807) is 43.3 Å². The number of rotatable bonds is 16. The summed E-state index contributed by atoms with van der Waals surface area (Å²) in [5.74, 6) is -1.25. The third-order valence-corrected chi connectivity index (χ3v) is 10.1. The van der Waals surface area contributed by atoms with Crippen molar-refractivity contribution in [3.8, 4) is 16.9 Å². The topological polar surface area (TPSA) is 194 Å². The van der Waals surface area contributed by atoms with Gasteiger partial charge in [0.1, 0.15) is 11.8 Å². The molecule has 2 aromatic heterocycles. The van der Waals surface area contributed by atoms with Gasteiger partial charge in [0.05, 0.1) is 23.6 Å². The van der Waals surface area contributed by atoms with Gasteiger partial charge in [-0.1, -0.05) is 50.3 Å². The third kappa shape index (κ3) is 9.73. The molecule has 294 valence electrons. The van der Waals surface area contributed by atoms with E-state index in [0.29, 0.717) is 48.1 Å². The van der Waals surface area contributed by atoms with Gasteiger partial charge in [-0.3, -0.25) is 48.8 Å². The SMILES string of the molecule is COc1cc(CCC(=O)NCCCCCCCCCc2cccc3c2C(=O)N(C2CCC(=O)NC2=O)C3=O)cc(-c2cn(C)c(=O)c3cnccc23)c1.O=CO. The minimum absolute atomic E-state index is 0.000750. The van der Waals surface area contributed by atoms with Crippen molar-refractivity contribution in [2.45, 2.75) is 83.1 Å². The number of methoxy groups -OCH3 is 1. The van der Waals surface area contributed by atoms with Gasteiger partial charge in [0.25, 0.3) is 23.8 Å². The van der Waals surface area contributed by atoms with E-state index in [1.807, 2.05) is 36.5 Å². The van der Waals surface area contributed by atoms with Gasteiger partial charge < -0.3 is 19.7 Å². The van der Waals surface area contributed by atoms with Crippen LogP contribution in [0.2, 0.25) is 0 Å². The Morgan fingerprint density at radius 1 is 0.946 bits per heavy atom. The predicted octanol–water partition coefficient (Wildman–Crippen LogP) is 4.73. The molecule has 2 aliphatic heterocycles. The molecule has 1 unspecified atom stereocenters. The van der Waals surface area contributed by atoms with E-state index in [-0.39, 0.29) is 30.8 Å². The Bertz CT molecular complexity index is 2180. The van der Waals surface area contributed by atoms with E-state index < -0.39 is 29.7 Å². The number of carbonyl (C=O) groups is 6. The molecule has 2 aromatic carbocycles. The number of benzene rings is 2. The zero-order chi connectivity index (χ0) is 40.2. The number of carboxylic acid groups (broad SMARTS) is 1. The first-order chi connectivity index (χ1) is 27.1. The summed E-state index contributed by atoms with van der Waals surface area (Å²) in [6.45, 7) is 0.377. The van der Waals surface area contributed by atoms with E-state index in [9.17, 15) is 28.8 Å². The Morgan fingerprint density at radius 3 is 2.41 bits per heavy atom. The molecule has 3 N–H and O–H groups in total. The molecular weight excluding hydrogens is 718 g/mol. The maximum atomic E-state index is 13.3. The minimum atomic E-state index is -0.964. The van der Waals surface area contributed by atoms with Crippen LogP contribution in [-0.2, 0) is 39.1 Å². The number of aromatic nitrogens is 2. The van der Waals surface area contributed by atoms with Crippen molar-refractivity contribution in [2.75, 3.05) is 13.7 Å². The molecule has 6 rings (SSSR count). The highest BCUT2D eigenvalue weighted by molar-refractivity contribution is 6.24. The highest BCUT2D eigenvalue weighted by Gasteiger charge is 2.45. The third-order valence-electron chi connectivity index (χ3n) is 10.1. The summed E-state index contributed by atoms with van der Waals surface area (Å²) < 4.78 is 7.12. The number of pyridine rings is 2. The van der Waals surface area contributed by atoms with Crippen LogP contribution in [0, 0.1) is 0 Å². The van der Waals surface area contributed by atoms with Gasteiger partial charge in [-0.2, -0.15) is 0 Å². The standard InChI is InChI=1S/C41H45N5O7.CH2O2/c1-45-25-33(30-18-20-42-24-32(30)39(45)50)28-21-26(22-29(23-28)53-2)14-16-35(47)43-19-9-7-5-3-4-6-8-11-27-12-10-13-31-37(27)41(52)46(40(31)51)34-15-17-36(48)44-38(34)49;2-1-3/h10,12-13,18,20-25,34H,3-9,11,14-17,19H2,1-2H3,(H,43,47)(H,44,48,49);1H,(H,2,3). The molecule has 56 heavy (non-hydrogen) atoms. The molecule has 14 heteroatoms. The molecule has 0 bridgehead atoms. The molecule has 5 amide bonds. The predicted molar refractivity (Wildman–Crippen MR) is 208 cm³/mol. The van der Waals surface area contributed by atoms with Crippen LogP contribution < -0.4 is 20.9 Å². The van der Waals surface area contributed by atoms with Gasteiger partial charge in [0, 0.05) is 50.6 Å². The first kappa shape index (κ1) is 41.0. The Kier molecular flexibility index (Phi) is 14.2. The van der Waals surface area contributed by atoms with Crippen LogP contribution in [0.1, 0.15) is 96.1 Å². The fraction of sp³-hybridized carbons (Fsp3) is 0.381. The van der Waals surface area contributed by atoms with E-state index >= 15 is 0 Å². The lowest BCUT2D eigenvalue weighted by atomic mass is 9.97. The van der Waals surface area contributed by atoms with Crippen molar-refractivity contribution < 1.29 is 38.6 Å². The number of unbranched alkanes of at least 4 members (excludes halogenated alkanes) is 6. The summed E-state index contributed by atoms with van der Waals surface area (Å²) in [4.78, 5) is 89.1. The summed E-state index contributed by atoms with van der Waals surface area (Å²) in [6, 6.07) is 12.1. The van der Waals surface area contributed by atoms with Gasteiger partial charge in [-0.25, -0.2) is 0 Å². The van der Waals surface area contributed by atoms with E-state index in [2.05, 4.69) is 15.6 Å². The molecule has 0 saturated carbocycles. The van der Waals surface area contributed by atoms with Crippen LogP contribution >= 0.6 is 0 Å². The number of imide groups is 2. The number of carbonyl (C=O) groups excluding carboxylic acids is 5. The molecule has 1 atom stereocenters. The second-order valence-electron chi connectivity index (χ2n) is 13.9. The largest absolute Gasteiger partial charge is 0.497 e. The van der Waals surface area contributed by atoms with Gasteiger partial charge in [-0.05, 0) is 78.4 Å². The Labute approximate surface area is 324 Å². The molecule has 0 radical (unpaired) electrons. The number of hydrogen-bond donors (Lipinski definition) is 3. The number of ether oxygens (including phenoxy) is 1. The van der Waals surface area contributed by atoms with Crippen molar-refractivity contribution in [1.29, 1.82) is 0 Å². The molecule has 0 aliphatic carbocycles. The molecule has 4 heterocycles. The van der Waals surface area contributed by atoms with E-state index in [0.717, 1.165) is 77.5 Å². The molecule has 4 aromatic rings. The average Bonchev–Trinajstić information content (AvgIpc) is 3.45. The number of amides is 5. The summed E-state index contributed by atoms with van der Waals surface area (Å²) >= 11 is 0. The van der Waals surface area contributed by atoms with Gasteiger partial charge in [-0.15, -0.1) is 0 Å². The van der Waals surface area contributed by atoms with Crippen molar-refractivity contribution in [3.63, 3.8) is 0 Å². The fourth-order valence-corrected chi connectivity index (χ4v) is 7.31. The number of nitrogens with one attached hydrogen (secondary N) is 2. The fourth-order valence-electron chi connectivity index (χ4n) is 7.31. The lowest BCUT2D eigenvalue weighted by Gasteiger charge is -2.27. The molecule has 1 saturated heterocycles. The lowest BCUT2D eigenvalue weighted by Crippen LogP contribution is -2.54. The Hall–Kier alpha value is -6.18. The second kappa shape index (κ2) is 19.4. The average molecular weight is 766 g/mol. The van der Waals surface area contributed by atoms with Crippen molar-refractivity contribution >= 4 is 46.8 Å². The number of piperidine rings is 1. The quantitative estimate of drug-likeness (QED) is 0.0816. The van der Waals surface area contributed by atoms with Crippen molar-refractivity contribution in [3.05, 3.63) is 93.7 Å². The maximum absolute atomic E-state index is 13.3. The van der Waals surface area contributed by atoms with Crippen molar-refractivity contribution in [1.82, 2.24) is 25.1 Å². The summed E-state index contributed by atoms with van der Waals surface area (Å²) in [5.41, 5.74) is 4.17. The monoisotopic (exact) mass is 765 g/mol. The van der Waals surface area contributed by atoms with Crippen molar-refractivity contribution in [2.24, 2.45) is 7.05 Å². The number of hydrogen-bond acceptors (Lipinski definition) is 9. The summed E-state index contributed by atoms with van der Waals surface area (Å²) in [7, 11) is 3.34. The zero-order valence-electron chi connectivity index (χ0n) is 31.7. The number of aryl methyl sites for hydroxylation is 3. The van der Waals surface area contributed by atoms with E-state index in [1.165, 1.54) is 0 Å². The smallest absolute Gasteiger partial charge is 0.290 e. The molecule has 14 nitrogen and oxygen atoms in total. The first-order valence-corrected chi connectivity index (χ1v) is 18.9. The van der Waals surface area contributed by atoms with Crippen LogP contribution in [0.25, 0.3) is 21.9 Å². The molecule has 2 aliphatic rings. The first-order valence-electron chi connectivity index (χ1n) is 18.9. The van der Waals surface area contributed by atoms with Gasteiger partial charge >= 0.3 is 0 Å². The molecular formula is C42H47N5O9. The van der Waals surface area contributed by atoms with Crippen LogP contribution in [-0.4, -0.2) is 75.3 Å². The lowest BCUT2D eigenvalue weighted by molar-refractivity contribution is -0.136. The number of nitrogens with zero attached hydrogens (tertiary/aromatic N) is 3. The van der Waals surface area contributed by atoms with Gasteiger partial charge in [0.15, 0.2) is 0 Å². The summed E-state index contributed by atoms with van der Waals surface area (Å²) in [5, 5.41) is 13.5. The number of fused-ring (bicyclic) bond motifs is 2. The van der Waals surface area contributed by atoms with Crippen LogP contribution in [0.4, 0.5) is 0 Å². The minimum Gasteiger partial charge on any atom is -0.497 e. The van der Waals surface area contributed by atoms with Crippen LogP contribution in [0.5, 0.6) is 5.75 Å². The van der Waals surface area contributed by atoms with Gasteiger partial charge in [0.2, 0.25) is 17.7 Å². The summed E-state index contributed by atoms with van der Waals surface area (Å²) in [6.07, 6.45) is 13.8. The molecule has 0 spiro atoms.